The molecule has 0 saturated heterocycles. The summed E-state index contributed by atoms with van der Waals surface area (Å²) < 4.78 is 14.5. The first-order chi connectivity index (χ1) is 11.3. The molecule has 3 heterocycles. The fraction of sp³-hybridized carbons (Fsp3) is 0. The standard InChI is InChI=1S/C16H8FN5S/c17-12-5-3-10(4-6-12)15-21-22-13(8-18)14(20-16(22)23-15)11-2-1-7-19-9-11/h1-7,9H. The lowest BCUT2D eigenvalue weighted by atomic mass is 10.2. The molecule has 1 aromatic carbocycles. The largest absolute Gasteiger partial charge is 0.264 e. The highest BCUT2D eigenvalue weighted by molar-refractivity contribution is 7.19. The Balaban J connectivity index is 1.87. The van der Waals surface area contributed by atoms with Crippen LogP contribution < -0.4 is 0 Å². The minimum Gasteiger partial charge on any atom is -0.264 e. The molecule has 0 amide bonds. The molecule has 0 spiro atoms. The molecule has 0 aliphatic carbocycles. The van der Waals surface area contributed by atoms with Crippen LogP contribution >= 0.6 is 11.3 Å². The summed E-state index contributed by atoms with van der Waals surface area (Å²) in [5.41, 5.74) is 2.47. The number of aromatic nitrogens is 4. The number of benzene rings is 1. The van der Waals surface area contributed by atoms with Crippen molar-refractivity contribution in [2.24, 2.45) is 0 Å². The van der Waals surface area contributed by atoms with Crippen LogP contribution in [0.1, 0.15) is 5.69 Å². The van der Waals surface area contributed by atoms with Crippen molar-refractivity contribution in [2.75, 3.05) is 0 Å². The van der Waals surface area contributed by atoms with Crippen LogP contribution in [0.15, 0.2) is 48.8 Å². The third kappa shape index (κ3) is 2.25. The van der Waals surface area contributed by atoms with E-state index in [1.54, 1.807) is 30.6 Å². The number of imidazole rings is 1. The van der Waals surface area contributed by atoms with Gasteiger partial charge in [-0.25, -0.2) is 9.37 Å². The zero-order valence-electron chi connectivity index (χ0n) is 11.6. The first-order valence-electron chi connectivity index (χ1n) is 6.72. The van der Waals surface area contributed by atoms with Gasteiger partial charge in [-0.15, -0.1) is 0 Å². The predicted molar refractivity (Wildman–Crippen MR) is 84.2 cm³/mol. The summed E-state index contributed by atoms with van der Waals surface area (Å²) in [5.74, 6) is -0.299. The van der Waals surface area contributed by atoms with Gasteiger partial charge in [-0.2, -0.15) is 14.9 Å². The second kappa shape index (κ2) is 5.26. The minimum atomic E-state index is -0.299. The Hall–Kier alpha value is -3.11. The molecule has 7 heteroatoms. The number of hydrogen-bond donors (Lipinski definition) is 0. The van der Waals surface area contributed by atoms with Crippen molar-refractivity contribution in [3.63, 3.8) is 0 Å². The maximum atomic E-state index is 13.0. The molecule has 23 heavy (non-hydrogen) atoms. The van der Waals surface area contributed by atoms with E-state index in [1.165, 1.54) is 28.0 Å². The third-order valence-corrected chi connectivity index (χ3v) is 4.29. The van der Waals surface area contributed by atoms with E-state index < -0.39 is 0 Å². The van der Waals surface area contributed by atoms with E-state index in [2.05, 4.69) is 21.1 Å². The first kappa shape index (κ1) is 13.5. The van der Waals surface area contributed by atoms with Crippen molar-refractivity contribution < 1.29 is 4.39 Å². The Labute approximate surface area is 134 Å². The zero-order valence-corrected chi connectivity index (χ0v) is 12.5. The number of rotatable bonds is 2. The lowest BCUT2D eigenvalue weighted by Gasteiger charge is -1.96. The van der Waals surface area contributed by atoms with Crippen molar-refractivity contribution >= 4 is 16.3 Å². The first-order valence-corrected chi connectivity index (χ1v) is 7.54. The Bertz CT molecular complexity index is 1030. The molecule has 110 valence electrons. The molecule has 0 N–H and O–H groups in total. The van der Waals surface area contributed by atoms with E-state index in [-0.39, 0.29) is 5.82 Å². The molecule has 4 rings (SSSR count). The van der Waals surface area contributed by atoms with Crippen molar-refractivity contribution in [1.82, 2.24) is 19.6 Å². The molecule has 5 nitrogen and oxygen atoms in total. The predicted octanol–water partition coefficient (Wildman–Crippen LogP) is 3.53. The average Bonchev–Trinajstić information content (AvgIpc) is 3.13. The summed E-state index contributed by atoms with van der Waals surface area (Å²) in [6, 6.07) is 11.9. The zero-order chi connectivity index (χ0) is 15.8. The van der Waals surface area contributed by atoms with Gasteiger partial charge in [0.2, 0.25) is 4.96 Å². The Kier molecular flexibility index (Phi) is 3.10. The lowest BCUT2D eigenvalue weighted by Crippen LogP contribution is -1.91. The molecule has 4 aromatic rings. The van der Waals surface area contributed by atoms with E-state index in [0.29, 0.717) is 21.4 Å². The Morgan fingerprint density at radius 1 is 1.13 bits per heavy atom. The van der Waals surface area contributed by atoms with Gasteiger partial charge in [-0.05, 0) is 36.4 Å². The van der Waals surface area contributed by atoms with Gasteiger partial charge in [0.1, 0.15) is 22.6 Å². The van der Waals surface area contributed by atoms with Crippen molar-refractivity contribution in [1.29, 1.82) is 5.26 Å². The molecule has 0 saturated carbocycles. The van der Waals surface area contributed by atoms with Crippen LogP contribution in [0.5, 0.6) is 0 Å². The van der Waals surface area contributed by atoms with Gasteiger partial charge in [0.15, 0.2) is 5.69 Å². The monoisotopic (exact) mass is 321 g/mol. The summed E-state index contributed by atoms with van der Waals surface area (Å²) in [5, 5.41) is 14.6. The molecule has 0 fully saturated rings. The van der Waals surface area contributed by atoms with Crippen molar-refractivity contribution in [3.8, 4) is 27.9 Å². The number of pyridine rings is 1. The highest BCUT2D eigenvalue weighted by Gasteiger charge is 2.18. The second-order valence-corrected chi connectivity index (χ2v) is 5.73. The van der Waals surface area contributed by atoms with E-state index in [9.17, 15) is 9.65 Å². The van der Waals surface area contributed by atoms with Gasteiger partial charge in [0.25, 0.3) is 0 Å². The summed E-state index contributed by atoms with van der Waals surface area (Å²) >= 11 is 1.35. The maximum Gasteiger partial charge on any atom is 0.214 e. The highest BCUT2D eigenvalue weighted by Crippen LogP contribution is 2.30. The van der Waals surface area contributed by atoms with Crippen molar-refractivity contribution in [2.45, 2.75) is 0 Å². The van der Waals surface area contributed by atoms with Crippen LogP contribution in [0.2, 0.25) is 0 Å². The number of halogens is 1. The summed E-state index contributed by atoms with van der Waals surface area (Å²) in [7, 11) is 0. The topological polar surface area (TPSA) is 66.9 Å². The maximum absolute atomic E-state index is 13.0. The molecule has 0 aliphatic heterocycles. The molecule has 0 unspecified atom stereocenters. The van der Waals surface area contributed by atoms with Crippen LogP contribution in [0.25, 0.3) is 26.8 Å². The van der Waals surface area contributed by atoms with Crippen molar-refractivity contribution in [3.05, 3.63) is 60.3 Å². The molecule has 0 bridgehead atoms. The van der Waals surface area contributed by atoms with Crippen LogP contribution in [-0.2, 0) is 0 Å². The van der Waals surface area contributed by atoms with E-state index >= 15 is 0 Å². The quantitative estimate of drug-likeness (QED) is 0.566. The van der Waals surface area contributed by atoms with E-state index in [0.717, 1.165) is 11.1 Å². The molecule has 3 aromatic heterocycles. The number of fused-ring (bicyclic) bond motifs is 1. The highest BCUT2D eigenvalue weighted by atomic mass is 32.1. The van der Waals surface area contributed by atoms with Crippen LogP contribution in [-0.4, -0.2) is 19.6 Å². The van der Waals surface area contributed by atoms with Gasteiger partial charge in [0, 0.05) is 23.5 Å². The van der Waals surface area contributed by atoms with Crippen LogP contribution in [0.4, 0.5) is 4.39 Å². The van der Waals surface area contributed by atoms with E-state index in [4.69, 9.17) is 0 Å². The SMILES string of the molecule is N#Cc1c(-c2cccnc2)nc2sc(-c3ccc(F)cc3)nn12. The number of hydrogen-bond acceptors (Lipinski definition) is 5. The van der Waals surface area contributed by atoms with E-state index in [1.807, 2.05) is 6.07 Å². The normalized spacial score (nSPS) is 10.8. The smallest absolute Gasteiger partial charge is 0.214 e. The van der Waals surface area contributed by atoms with Crippen LogP contribution in [0, 0.1) is 17.1 Å². The Morgan fingerprint density at radius 2 is 1.96 bits per heavy atom. The summed E-state index contributed by atoms with van der Waals surface area (Å²) in [4.78, 5) is 9.16. The summed E-state index contributed by atoms with van der Waals surface area (Å²) in [6.45, 7) is 0. The molecule has 0 atom stereocenters. The number of nitriles is 1. The fourth-order valence-corrected chi connectivity index (χ4v) is 3.17. The van der Waals surface area contributed by atoms with Gasteiger partial charge in [0.05, 0.1) is 0 Å². The number of nitrogens with zero attached hydrogens (tertiary/aromatic N) is 5. The van der Waals surface area contributed by atoms with Crippen LogP contribution in [0.3, 0.4) is 0 Å². The summed E-state index contributed by atoms with van der Waals surface area (Å²) in [6.07, 6.45) is 3.33. The molecule has 0 radical (unpaired) electrons. The molecular formula is C16H8FN5S. The third-order valence-electron chi connectivity index (χ3n) is 3.34. The second-order valence-electron chi connectivity index (χ2n) is 4.77. The van der Waals surface area contributed by atoms with Gasteiger partial charge in [-0.1, -0.05) is 11.3 Å². The van der Waals surface area contributed by atoms with Gasteiger partial charge >= 0.3 is 0 Å². The van der Waals surface area contributed by atoms with Gasteiger partial charge < -0.3 is 0 Å². The average molecular weight is 321 g/mol. The lowest BCUT2D eigenvalue weighted by molar-refractivity contribution is 0.628. The molecular weight excluding hydrogens is 313 g/mol. The Morgan fingerprint density at radius 3 is 2.65 bits per heavy atom. The molecule has 0 aliphatic rings. The van der Waals surface area contributed by atoms with Gasteiger partial charge in [-0.3, -0.25) is 4.98 Å². The minimum absolute atomic E-state index is 0.299. The fourth-order valence-electron chi connectivity index (χ4n) is 2.26.